The minimum atomic E-state index is -0.121. The van der Waals surface area contributed by atoms with Crippen LogP contribution >= 0.6 is 11.8 Å². The van der Waals surface area contributed by atoms with Gasteiger partial charge in [-0.2, -0.15) is 0 Å². The first-order chi connectivity index (χ1) is 11.1. The molecule has 0 aliphatic carbocycles. The third-order valence-corrected chi connectivity index (χ3v) is 4.27. The van der Waals surface area contributed by atoms with Crippen LogP contribution < -0.4 is 5.32 Å². The van der Waals surface area contributed by atoms with E-state index in [1.165, 1.54) is 12.5 Å². The maximum Gasteiger partial charge on any atom is 0.222 e. The molecule has 0 aliphatic rings. The molecule has 1 aromatic carbocycles. The molecule has 0 saturated heterocycles. The van der Waals surface area contributed by atoms with Gasteiger partial charge in [-0.3, -0.25) is 4.79 Å². The fourth-order valence-corrected chi connectivity index (χ4v) is 2.95. The SMILES string of the molecule is CSc1cc(C)c(-c2ccc3cc(NC(C)=O)ncc3c2)cn1. The number of fused-ring (bicyclic) bond motifs is 1. The van der Waals surface area contributed by atoms with E-state index >= 15 is 0 Å². The Balaban J connectivity index is 2.02. The van der Waals surface area contributed by atoms with Gasteiger partial charge in [-0.1, -0.05) is 12.1 Å². The summed E-state index contributed by atoms with van der Waals surface area (Å²) in [6, 6.07) is 10.2. The van der Waals surface area contributed by atoms with Gasteiger partial charge in [0.1, 0.15) is 5.82 Å². The van der Waals surface area contributed by atoms with Crippen molar-refractivity contribution in [2.75, 3.05) is 11.6 Å². The van der Waals surface area contributed by atoms with Crippen LogP contribution in [0.5, 0.6) is 0 Å². The molecule has 0 spiro atoms. The molecule has 5 heteroatoms. The van der Waals surface area contributed by atoms with Crippen molar-refractivity contribution in [1.29, 1.82) is 0 Å². The third-order valence-electron chi connectivity index (χ3n) is 3.63. The molecule has 0 bridgehead atoms. The van der Waals surface area contributed by atoms with Crippen LogP contribution in [0.25, 0.3) is 21.9 Å². The van der Waals surface area contributed by atoms with Crippen LogP contribution in [0, 0.1) is 6.92 Å². The fraction of sp³-hybridized carbons (Fsp3) is 0.167. The Hall–Kier alpha value is -2.40. The average molecular weight is 323 g/mol. The number of carbonyl (C=O) groups excluding carboxylic acids is 1. The van der Waals surface area contributed by atoms with Gasteiger partial charge in [0.05, 0.1) is 5.03 Å². The molecule has 0 atom stereocenters. The molecule has 0 unspecified atom stereocenters. The number of pyridine rings is 2. The molecular weight excluding hydrogens is 306 g/mol. The molecule has 1 amide bonds. The van der Waals surface area contributed by atoms with Gasteiger partial charge in [0.15, 0.2) is 0 Å². The number of nitrogens with zero attached hydrogens (tertiary/aromatic N) is 2. The Morgan fingerprint density at radius 2 is 1.91 bits per heavy atom. The molecule has 2 heterocycles. The fourth-order valence-electron chi connectivity index (χ4n) is 2.50. The van der Waals surface area contributed by atoms with E-state index in [0.717, 1.165) is 26.9 Å². The van der Waals surface area contributed by atoms with Crippen molar-refractivity contribution in [2.45, 2.75) is 18.9 Å². The lowest BCUT2D eigenvalue weighted by Crippen LogP contribution is -2.06. The van der Waals surface area contributed by atoms with Crippen LogP contribution in [0.4, 0.5) is 5.82 Å². The molecule has 23 heavy (non-hydrogen) atoms. The third kappa shape index (κ3) is 3.35. The van der Waals surface area contributed by atoms with E-state index in [2.05, 4.69) is 40.4 Å². The second kappa shape index (κ2) is 6.38. The Labute approximate surface area is 139 Å². The van der Waals surface area contributed by atoms with Crippen molar-refractivity contribution in [2.24, 2.45) is 0 Å². The topological polar surface area (TPSA) is 54.9 Å². The molecule has 2 aromatic heterocycles. The maximum atomic E-state index is 11.1. The van der Waals surface area contributed by atoms with Gasteiger partial charge in [0, 0.05) is 30.3 Å². The number of hydrogen-bond donors (Lipinski definition) is 1. The van der Waals surface area contributed by atoms with Crippen LogP contribution in [0.2, 0.25) is 0 Å². The smallest absolute Gasteiger partial charge is 0.222 e. The summed E-state index contributed by atoms with van der Waals surface area (Å²) in [7, 11) is 0. The predicted octanol–water partition coefficient (Wildman–Crippen LogP) is 4.29. The minimum Gasteiger partial charge on any atom is -0.311 e. The Kier molecular flexibility index (Phi) is 4.30. The molecule has 3 aromatic rings. The predicted molar refractivity (Wildman–Crippen MR) is 95.8 cm³/mol. The Morgan fingerprint density at radius 1 is 1.09 bits per heavy atom. The number of rotatable bonds is 3. The number of nitrogens with one attached hydrogen (secondary N) is 1. The largest absolute Gasteiger partial charge is 0.311 e. The number of benzene rings is 1. The van der Waals surface area contributed by atoms with Gasteiger partial charge in [-0.25, -0.2) is 9.97 Å². The van der Waals surface area contributed by atoms with Crippen molar-refractivity contribution < 1.29 is 4.79 Å². The van der Waals surface area contributed by atoms with Gasteiger partial charge in [0.25, 0.3) is 0 Å². The van der Waals surface area contributed by atoms with Crippen molar-refractivity contribution in [3.8, 4) is 11.1 Å². The molecule has 0 saturated carbocycles. The summed E-state index contributed by atoms with van der Waals surface area (Å²) >= 11 is 1.64. The van der Waals surface area contributed by atoms with Gasteiger partial charge < -0.3 is 5.32 Å². The highest BCUT2D eigenvalue weighted by Gasteiger charge is 2.06. The molecule has 4 nitrogen and oxygen atoms in total. The molecule has 1 N–H and O–H groups in total. The molecule has 0 radical (unpaired) electrons. The standard InChI is InChI=1S/C18H17N3OS/c1-11-6-18(23-3)20-10-16(11)14-5-4-13-8-17(21-12(2)22)19-9-15(13)7-14/h4-10H,1-3H3,(H,19,21,22). The van der Waals surface area contributed by atoms with Crippen LogP contribution in [-0.2, 0) is 4.79 Å². The zero-order chi connectivity index (χ0) is 16.4. The Morgan fingerprint density at radius 3 is 2.61 bits per heavy atom. The molecule has 0 fully saturated rings. The quantitative estimate of drug-likeness (QED) is 0.731. The number of hydrogen-bond acceptors (Lipinski definition) is 4. The Bertz CT molecular complexity index is 893. The summed E-state index contributed by atoms with van der Waals surface area (Å²) < 4.78 is 0. The molecule has 116 valence electrons. The summed E-state index contributed by atoms with van der Waals surface area (Å²) in [5.41, 5.74) is 3.44. The van der Waals surface area contributed by atoms with E-state index in [9.17, 15) is 4.79 Å². The number of thioether (sulfide) groups is 1. The number of aromatic nitrogens is 2. The van der Waals surface area contributed by atoms with Crippen molar-refractivity contribution >= 4 is 34.3 Å². The zero-order valence-electron chi connectivity index (χ0n) is 13.3. The van der Waals surface area contributed by atoms with E-state index in [0.29, 0.717) is 5.82 Å². The van der Waals surface area contributed by atoms with E-state index < -0.39 is 0 Å². The van der Waals surface area contributed by atoms with Gasteiger partial charge >= 0.3 is 0 Å². The summed E-state index contributed by atoms with van der Waals surface area (Å²) in [5.74, 6) is 0.448. The second-order valence-electron chi connectivity index (χ2n) is 5.35. The minimum absolute atomic E-state index is 0.121. The summed E-state index contributed by atoms with van der Waals surface area (Å²) in [4.78, 5) is 19.9. The second-order valence-corrected chi connectivity index (χ2v) is 6.18. The highest BCUT2D eigenvalue weighted by molar-refractivity contribution is 7.98. The van der Waals surface area contributed by atoms with Crippen molar-refractivity contribution in [3.05, 3.63) is 48.3 Å². The molecule has 0 aliphatic heterocycles. The van der Waals surface area contributed by atoms with Gasteiger partial charge in [-0.15, -0.1) is 11.8 Å². The van der Waals surface area contributed by atoms with Crippen molar-refractivity contribution in [3.63, 3.8) is 0 Å². The van der Waals surface area contributed by atoms with Gasteiger partial charge in [-0.05, 0) is 47.9 Å². The normalized spacial score (nSPS) is 10.7. The molecule has 3 rings (SSSR count). The van der Waals surface area contributed by atoms with Crippen LogP contribution in [-0.4, -0.2) is 22.1 Å². The molecular formula is C18H17N3OS. The lowest BCUT2D eigenvalue weighted by atomic mass is 10.0. The van der Waals surface area contributed by atoms with Crippen LogP contribution in [0.15, 0.2) is 47.8 Å². The summed E-state index contributed by atoms with van der Waals surface area (Å²) in [6.45, 7) is 3.57. The van der Waals surface area contributed by atoms with E-state index in [-0.39, 0.29) is 5.91 Å². The van der Waals surface area contributed by atoms with E-state index in [4.69, 9.17) is 0 Å². The first-order valence-corrected chi connectivity index (χ1v) is 8.47. The van der Waals surface area contributed by atoms with E-state index in [1.807, 2.05) is 24.6 Å². The number of amides is 1. The van der Waals surface area contributed by atoms with Crippen molar-refractivity contribution in [1.82, 2.24) is 9.97 Å². The first-order valence-electron chi connectivity index (χ1n) is 7.25. The highest BCUT2D eigenvalue weighted by Crippen LogP contribution is 2.28. The van der Waals surface area contributed by atoms with Crippen LogP contribution in [0.3, 0.4) is 0 Å². The van der Waals surface area contributed by atoms with Gasteiger partial charge in [0.2, 0.25) is 5.91 Å². The highest BCUT2D eigenvalue weighted by atomic mass is 32.2. The average Bonchev–Trinajstić information content (AvgIpc) is 2.53. The first kappa shape index (κ1) is 15.5. The maximum absolute atomic E-state index is 11.1. The lowest BCUT2D eigenvalue weighted by molar-refractivity contribution is -0.114. The summed E-state index contributed by atoms with van der Waals surface area (Å²) in [5, 5.41) is 5.80. The van der Waals surface area contributed by atoms with E-state index in [1.54, 1.807) is 18.0 Å². The monoisotopic (exact) mass is 323 g/mol. The number of carbonyl (C=O) groups is 1. The lowest BCUT2D eigenvalue weighted by Gasteiger charge is -2.09. The summed E-state index contributed by atoms with van der Waals surface area (Å²) in [6.07, 6.45) is 5.72. The number of anilines is 1. The van der Waals surface area contributed by atoms with Crippen LogP contribution in [0.1, 0.15) is 12.5 Å². The zero-order valence-corrected chi connectivity index (χ0v) is 14.1. The number of aryl methyl sites for hydroxylation is 1.